The van der Waals surface area contributed by atoms with E-state index in [0.29, 0.717) is 24.0 Å². The first-order chi connectivity index (χ1) is 11.3. The molecule has 0 aromatic rings. The van der Waals surface area contributed by atoms with Crippen LogP contribution < -0.4 is 0 Å². The highest BCUT2D eigenvalue weighted by molar-refractivity contribution is 5.90. The van der Waals surface area contributed by atoms with E-state index >= 15 is 0 Å². The molecule has 0 aromatic heterocycles. The second-order valence-corrected chi connectivity index (χ2v) is 8.24. The highest BCUT2D eigenvalue weighted by Gasteiger charge is 2.55. The predicted octanol–water partition coefficient (Wildman–Crippen LogP) is 4.11. The SMILES string of the molecule is C[C@@H]1CC[C@]2(C)C(C(=O)O)=CCC[C@H]2[C@@]1(C)CCC1=CCOC1=O. The van der Waals surface area contributed by atoms with Crippen LogP contribution in [0.15, 0.2) is 23.3 Å². The molecule has 0 bridgehead atoms. The smallest absolute Gasteiger partial charge is 0.334 e. The molecular weight excluding hydrogens is 304 g/mol. The third-order valence-corrected chi connectivity index (χ3v) is 7.18. The van der Waals surface area contributed by atoms with Gasteiger partial charge in [-0.3, -0.25) is 0 Å². The third-order valence-electron chi connectivity index (χ3n) is 7.18. The number of carboxylic acid groups (broad SMARTS) is 1. The molecule has 1 heterocycles. The molecule has 132 valence electrons. The second kappa shape index (κ2) is 6.05. The van der Waals surface area contributed by atoms with Gasteiger partial charge in [0.25, 0.3) is 0 Å². The minimum absolute atomic E-state index is 0.0473. The van der Waals surface area contributed by atoms with Crippen LogP contribution in [0.5, 0.6) is 0 Å². The summed E-state index contributed by atoms with van der Waals surface area (Å²) in [6.45, 7) is 7.14. The lowest BCUT2D eigenvalue weighted by atomic mass is 9.46. The van der Waals surface area contributed by atoms with Crippen molar-refractivity contribution in [2.45, 2.75) is 59.3 Å². The number of cyclic esters (lactones) is 1. The molecule has 1 fully saturated rings. The Morgan fingerprint density at radius 1 is 1.33 bits per heavy atom. The second-order valence-electron chi connectivity index (χ2n) is 8.24. The van der Waals surface area contributed by atoms with Crippen LogP contribution in [0.25, 0.3) is 0 Å². The summed E-state index contributed by atoms with van der Waals surface area (Å²) in [5.74, 6) is -0.0645. The van der Waals surface area contributed by atoms with Crippen LogP contribution in [0, 0.1) is 22.7 Å². The van der Waals surface area contributed by atoms with Gasteiger partial charge in [-0.25, -0.2) is 9.59 Å². The maximum absolute atomic E-state index is 11.8. The average molecular weight is 332 g/mol. The number of carbonyl (C=O) groups is 2. The molecule has 1 saturated carbocycles. The lowest BCUT2D eigenvalue weighted by molar-refractivity contribution is -0.137. The molecular formula is C20H28O4. The topological polar surface area (TPSA) is 63.6 Å². The van der Waals surface area contributed by atoms with Crippen LogP contribution in [-0.4, -0.2) is 23.7 Å². The van der Waals surface area contributed by atoms with Crippen LogP contribution in [0.3, 0.4) is 0 Å². The molecule has 1 aliphatic heterocycles. The Bertz CT molecular complexity index is 617. The normalized spacial score (nSPS) is 38.9. The fraction of sp³-hybridized carbons (Fsp3) is 0.700. The number of hydrogen-bond acceptors (Lipinski definition) is 3. The van der Waals surface area contributed by atoms with E-state index in [9.17, 15) is 14.7 Å². The molecule has 0 spiro atoms. The van der Waals surface area contributed by atoms with Crippen molar-refractivity contribution in [1.82, 2.24) is 0 Å². The van der Waals surface area contributed by atoms with Crippen molar-refractivity contribution in [2.24, 2.45) is 22.7 Å². The standard InChI is InChI=1S/C20H28O4/c1-13-7-10-20(3)15(17(21)22)5-4-6-16(20)19(13,2)11-8-14-9-12-24-18(14)23/h5,9,13,16H,4,6-8,10-12H2,1-3H3,(H,21,22)/t13-,16+,19+,20-/m1/s1. The molecule has 4 heteroatoms. The highest BCUT2D eigenvalue weighted by Crippen LogP contribution is 2.62. The zero-order chi connectivity index (χ0) is 17.5. The molecule has 0 unspecified atom stereocenters. The van der Waals surface area contributed by atoms with E-state index in [1.807, 2.05) is 12.2 Å². The number of carbonyl (C=O) groups excluding carboxylic acids is 1. The molecule has 0 radical (unpaired) electrons. The fourth-order valence-corrected chi connectivity index (χ4v) is 5.44. The molecule has 4 nitrogen and oxygen atoms in total. The summed E-state index contributed by atoms with van der Waals surface area (Å²) in [6, 6.07) is 0. The Labute approximate surface area is 144 Å². The number of hydrogen-bond donors (Lipinski definition) is 1. The maximum Gasteiger partial charge on any atom is 0.334 e. The lowest BCUT2D eigenvalue weighted by Crippen LogP contribution is -2.51. The summed E-state index contributed by atoms with van der Waals surface area (Å²) >= 11 is 0. The monoisotopic (exact) mass is 332 g/mol. The Kier molecular flexibility index (Phi) is 4.35. The van der Waals surface area contributed by atoms with Crippen molar-refractivity contribution < 1.29 is 19.4 Å². The van der Waals surface area contributed by atoms with Gasteiger partial charge in [0.05, 0.1) is 0 Å². The number of allylic oxidation sites excluding steroid dienone is 1. The molecule has 0 aromatic carbocycles. The molecule has 0 saturated heterocycles. The zero-order valence-corrected chi connectivity index (χ0v) is 14.9. The lowest BCUT2D eigenvalue weighted by Gasteiger charge is -2.57. The van der Waals surface area contributed by atoms with Crippen molar-refractivity contribution in [3.8, 4) is 0 Å². The third kappa shape index (κ3) is 2.60. The van der Waals surface area contributed by atoms with E-state index in [0.717, 1.165) is 44.1 Å². The minimum atomic E-state index is -0.763. The summed E-state index contributed by atoms with van der Waals surface area (Å²) < 4.78 is 5.02. The Balaban J connectivity index is 1.87. The van der Waals surface area contributed by atoms with Gasteiger partial charge >= 0.3 is 11.9 Å². The summed E-state index contributed by atoms with van der Waals surface area (Å²) in [7, 11) is 0. The maximum atomic E-state index is 11.8. The van der Waals surface area contributed by atoms with Crippen LogP contribution in [0.4, 0.5) is 0 Å². The number of ether oxygens (including phenoxy) is 1. The van der Waals surface area contributed by atoms with Gasteiger partial charge in [0.1, 0.15) is 6.61 Å². The minimum Gasteiger partial charge on any atom is -0.478 e. The molecule has 4 atom stereocenters. The summed E-state index contributed by atoms with van der Waals surface area (Å²) in [5, 5.41) is 9.68. The molecule has 1 N–H and O–H groups in total. The number of esters is 1. The Hall–Kier alpha value is -1.58. The first-order valence-corrected chi connectivity index (χ1v) is 9.09. The molecule has 0 amide bonds. The van der Waals surface area contributed by atoms with Gasteiger partial charge in [-0.05, 0) is 61.9 Å². The Morgan fingerprint density at radius 3 is 2.71 bits per heavy atom. The van der Waals surface area contributed by atoms with E-state index in [4.69, 9.17) is 4.74 Å². The van der Waals surface area contributed by atoms with E-state index in [1.54, 1.807) is 0 Å². The van der Waals surface area contributed by atoms with Crippen molar-refractivity contribution in [2.75, 3.05) is 6.61 Å². The van der Waals surface area contributed by atoms with Gasteiger partial charge in [-0.2, -0.15) is 0 Å². The van der Waals surface area contributed by atoms with E-state index in [2.05, 4.69) is 20.8 Å². The van der Waals surface area contributed by atoms with Gasteiger partial charge in [0.2, 0.25) is 0 Å². The number of fused-ring (bicyclic) bond motifs is 1. The predicted molar refractivity (Wildman–Crippen MR) is 91.3 cm³/mol. The summed E-state index contributed by atoms with van der Waals surface area (Å²) in [6.07, 6.45) is 9.34. The number of aliphatic carboxylic acids is 1. The van der Waals surface area contributed by atoms with Crippen molar-refractivity contribution in [1.29, 1.82) is 0 Å². The molecule has 3 aliphatic rings. The van der Waals surface area contributed by atoms with Crippen LogP contribution in [0.2, 0.25) is 0 Å². The van der Waals surface area contributed by atoms with E-state index in [-0.39, 0.29) is 16.8 Å². The number of rotatable bonds is 4. The largest absolute Gasteiger partial charge is 0.478 e. The average Bonchev–Trinajstić information content (AvgIpc) is 2.94. The quantitative estimate of drug-likeness (QED) is 0.787. The van der Waals surface area contributed by atoms with Crippen LogP contribution >= 0.6 is 0 Å². The van der Waals surface area contributed by atoms with Crippen LogP contribution in [-0.2, 0) is 14.3 Å². The van der Waals surface area contributed by atoms with Gasteiger partial charge < -0.3 is 9.84 Å². The summed E-state index contributed by atoms with van der Waals surface area (Å²) in [4.78, 5) is 23.5. The molecule has 24 heavy (non-hydrogen) atoms. The highest BCUT2D eigenvalue weighted by atomic mass is 16.5. The first kappa shape index (κ1) is 17.2. The first-order valence-electron chi connectivity index (χ1n) is 9.09. The van der Waals surface area contributed by atoms with Crippen LogP contribution in [0.1, 0.15) is 59.3 Å². The van der Waals surface area contributed by atoms with Gasteiger partial charge in [-0.1, -0.05) is 26.8 Å². The zero-order valence-electron chi connectivity index (χ0n) is 14.9. The Morgan fingerprint density at radius 2 is 2.08 bits per heavy atom. The molecule has 3 rings (SSSR count). The van der Waals surface area contributed by atoms with Crippen molar-refractivity contribution in [3.05, 3.63) is 23.3 Å². The van der Waals surface area contributed by atoms with E-state index in [1.165, 1.54) is 0 Å². The fourth-order valence-electron chi connectivity index (χ4n) is 5.44. The molecule has 2 aliphatic carbocycles. The van der Waals surface area contributed by atoms with E-state index < -0.39 is 5.97 Å². The summed E-state index contributed by atoms with van der Waals surface area (Å²) in [5.41, 5.74) is 1.19. The van der Waals surface area contributed by atoms with Gasteiger partial charge in [0.15, 0.2) is 0 Å². The van der Waals surface area contributed by atoms with Crippen molar-refractivity contribution in [3.63, 3.8) is 0 Å². The number of carboxylic acids is 1. The van der Waals surface area contributed by atoms with Crippen molar-refractivity contribution >= 4 is 11.9 Å². The van der Waals surface area contributed by atoms with Gasteiger partial charge in [0, 0.05) is 16.6 Å². The van der Waals surface area contributed by atoms with Gasteiger partial charge in [-0.15, -0.1) is 0 Å².